The Morgan fingerprint density at radius 3 is 0.923 bits per heavy atom. The van der Waals surface area contributed by atoms with Crippen LogP contribution in [0, 0.1) is 0 Å². The Morgan fingerprint density at radius 2 is 0.549 bits per heavy atom. The molecule has 15 aromatic carbocycles. The highest BCUT2D eigenvalue weighted by Crippen LogP contribution is 2.50. The van der Waals surface area contributed by atoms with Crippen LogP contribution < -0.4 is 26.2 Å². The molecule has 91 heavy (non-hydrogen) atoms. The molecular formula is C86H55BN4. The van der Waals surface area contributed by atoms with E-state index < -0.39 is 0 Å². The van der Waals surface area contributed by atoms with E-state index in [-0.39, 0.29) is 6.71 Å². The lowest BCUT2D eigenvalue weighted by atomic mass is 9.33. The predicted molar refractivity (Wildman–Crippen MR) is 384 cm³/mol. The normalized spacial score (nSPS) is 12.3. The first kappa shape index (κ1) is 52.2. The van der Waals surface area contributed by atoms with Gasteiger partial charge in [0.2, 0.25) is 0 Å². The highest BCUT2D eigenvalue weighted by atomic mass is 15.2. The summed E-state index contributed by atoms with van der Waals surface area (Å²) in [6.07, 6.45) is 0. The van der Waals surface area contributed by atoms with Gasteiger partial charge in [-0.05, 0) is 171 Å². The van der Waals surface area contributed by atoms with Crippen molar-refractivity contribution in [3.05, 3.63) is 334 Å². The summed E-state index contributed by atoms with van der Waals surface area (Å²) in [6, 6.07) is 123. The van der Waals surface area contributed by atoms with Gasteiger partial charge in [0.05, 0.1) is 11.4 Å². The number of benzene rings is 15. The molecule has 18 rings (SSSR count). The van der Waals surface area contributed by atoms with E-state index in [1.807, 2.05) is 0 Å². The molecule has 3 heterocycles. The molecule has 0 amide bonds. The zero-order chi connectivity index (χ0) is 59.9. The quantitative estimate of drug-likeness (QED) is 0.106. The Bertz CT molecular complexity index is 5080. The number of hydrogen-bond acceptors (Lipinski definition) is 4. The molecule has 16 aromatic rings. The van der Waals surface area contributed by atoms with Gasteiger partial charge in [0.15, 0.2) is 5.82 Å². The van der Waals surface area contributed by atoms with Crippen LogP contribution in [0.25, 0.3) is 122 Å². The van der Waals surface area contributed by atoms with E-state index in [2.05, 4.69) is 343 Å². The van der Waals surface area contributed by atoms with E-state index in [9.17, 15) is 0 Å². The molecule has 0 N–H and O–H groups in total. The van der Waals surface area contributed by atoms with Gasteiger partial charge < -0.3 is 9.80 Å². The third kappa shape index (κ3) is 9.00. The van der Waals surface area contributed by atoms with E-state index in [0.29, 0.717) is 5.82 Å². The average Bonchev–Trinajstić information content (AvgIpc) is 0.736. The topological polar surface area (TPSA) is 32.3 Å². The number of nitrogens with zero attached hydrogens (tertiary/aromatic N) is 4. The van der Waals surface area contributed by atoms with Crippen LogP contribution >= 0.6 is 0 Å². The maximum Gasteiger partial charge on any atom is 0.252 e. The lowest BCUT2D eigenvalue weighted by molar-refractivity contribution is 1.18. The van der Waals surface area contributed by atoms with Crippen molar-refractivity contribution in [3.63, 3.8) is 0 Å². The number of anilines is 6. The van der Waals surface area contributed by atoms with Gasteiger partial charge in [-0.3, -0.25) is 0 Å². The van der Waals surface area contributed by atoms with Gasteiger partial charge in [-0.15, -0.1) is 0 Å². The van der Waals surface area contributed by atoms with E-state index in [1.165, 1.54) is 59.5 Å². The number of aromatic nitrogens is 2. The standard InChI is InChI=1S/C86H55BN4/c1-7-23-56(24-8-1)66-43-67(57-25-9-2-10-26-57)46-71(45-66)90-81-53-75-64(41-39-60-31-19-21-37-73(60)75)49-77(81)87-78-50-65-42-40-61-32-20-22-38-74(61)76(65)54-82(78)91(72-47-68(58-27-11-3-12-28-58)44-69(48-72)59-29-13-4-14-30-59)84-52-70(51-83(90)85(84)87)86-88-79(62-33-15-5-16-34-62)55-80(89-86)63-35-17-6-18-36-63/h1-55H. The molecule has 2 aliphatic rings. The second-order valence-corrected chi connectivity index (χ2v) is 24.1. The van der Waals surface area contributed by atoms with Crippen LogP contribution in [0.1, 0.15) is 0 Å². The number of rotatable bonds is 9. The summed E-state index contributed by atoms with van der Waals surface area (Å²) >= 11 is 0. The van der Waals surface area contributed by atoms with Crippen molar-refractivity contribution in [3.8, 4) is 78.4 Å². The van der Waals surface area contributed by atoms with Gasteiger partial charge in [-0.2, -0.15) is 0 Å². The van der Waals surface area contributed by atoms with Gasteiger partial charge in [-0.25, -0.2) is 9.97 Å². The van der Waals surface area contributed by atoms with Gasteiger partial charge in [0, 0.05) is 50.8 Å². The van der Waals surface area contributed by atoms with E-state index in [0.717, 1.165) is 107 Å². The second-order valence-electron chi connectivity index (χ2n) is 24.1. The van der Waals surface area contributed by atoms with Crippen LogP contribution in [-0.4, -0.2) is 16.7 Å². The molecule has 2 aliphatic heterocycles. The summed E-state index contributed by atoms with van der Waals surface area (Å²) in [4.78, 5) is 16.5. The molecule has 0 spiro atoms. The Hall–Kier alpha value is -11.9. The number of hydrogen-bond donors (Lipinski definition) is 0. The van der Waals surface area contributed by atoms with Gasteiger partial charge in [0.25, 0.3) is 6.71 Å². The molecule has 5 heteroatoms. The molecule has 4 nitrogen and oxygen atoms in total. The maximum absolute atomic E-state index is 5.66. The van der Waals surface area contributed by atoms with Gasteiger partial charge >= 0.3 is 0 Å². The molecule has 0 saturated carbocycles. The average molecular weight is 1160 g/mol. The minimum Gasteiger partial charge on any atom is -0.311 e. The van der Waals surface area contributed by atoms with Crippen LogP contribution in [0.15, 0.2) is 334 Å². The van der Waals surface area contributed by atoms with Crippen LogP contribution in [-0.2, 0) is 0 Å². The summed E-state index contributed by atoms with van der Waals surface area (Å²) in [5.41, 5.74) is 23.8. The third-order valence-electron chi connectivity index (χ3n) is 18.7. The highest BCUT2D eigenvalue weighted by Gasteiger charge is 2.45. The minimum atomic E-state index is -0.225. The fraction of sp³-hybridized carbons (Fsp3) is 0. The first-order valence-corrected chi connectivity index (χ1v) is 31.3. The lowest BCUT2D eigenvalue weighted by Crippen LogP contribution is -2.61. The van der Waals surface area contributed by atoms with Crippen molar-refractivity contribution in [1.82, 2.24) is 9.97 Å². The molecule has 1 aromatic heterocycles. The van der Waals surface area contributed by atoms with Crippen LogP contribution in [0.3, 0.4) is 0 Å². The molecule has 422 valence electrons. The van der Waals surface area contributed by atoms with Crippen molar-refractivity contribution in [2.45, 2.75) is 0 Å². The summed E-state index contributed by atoms with van der Waals surface area (Å²) in [5, 5.41) is 9.62. The largest absolute Gasteiger partial charge is 0.311 e. The molecular weight excluding hydrogens is 1100 g/mol. The van der Waals surface area contributed by atoms with Crippen molar-refractivity contribution in [2.75, 3.05) is 9.80 Å². The zero-order valence-electron chi connectivity index (χ0n) is 49.6. The van der Waals surface area contributed by atoms with Crippen molar-refractivity contribution in [2.24, 2.45) is 0 Å². The Morgan fingerprint density at radius 1 is 0.220 bits per heavy atom. The first-order chi connectivity index (χ1) is 45.1. The zero-order valence-corrected chi connectivity index (χ0v) is 49.6. The lowest BCUT2D eigenvalue weighted by Gasteiger charge is -2.45. The molecule has 0 saturated heterocycles. The summed E-state index contributed by atoms with van der Waals surface area (Å²) in [5.74, 6) is 0.632. The number of fused-ring (bicyclic) bond motifs is 10. The molecule has 0 aliphatic carbocycles. The second kappa shape index (κ2) is 21.4. The Balaban J connectivity index is 1.02. The monoisotopic (exact) mass is 1150 g/mol. The molecule has 0 radical (unpaired) electrons. The minimum absolute atomic E-state index is 0.225. The van der Waals surface area contributed by atoms with Gasteiger partial charge in [0.1, 0.15) is 0 Å². The summed E-state index contributed by atoms with van der Waals surface area (Å²) < 4.78 is 0. The van der Waals surface area contributed by atoms with E-state index in [1.54, 1.807) is 0 Å². The Kier molecular flexibility index (Phi) is 12.3. The maximum atomic E-state index is 5.66. The molecule has 0 bridgehead atoms. The van der Waals surface area contributed by atoms with Crippen molar-refractivity contribution in [1.29, 1.82) is 0 Å². The van der Waals surface area contributed by atoms with E-state index >= 15 is 0 Å². The highest BCUT2D eigenvalue weighted by molar-refractivity contribution is 7.00. The fourth-order valence-electron chi connectivity index (χ4n) is 14.4. The summed E-state index contributed by atoms with van der Waals surface area (Å²) in [7, 11) is 0. The van der Waals surface area contributed by atoms with Crippen molar-refractivity contribution >= 4 is 100 Å². The van der Waals surface area contributed by atoms with E-state index in [4.69, 9.17) is 9.97 Å². The SMILES string of the molecule is c1ccc(-c2cc(-c3ccccc3)cc(N3c4cc5c(ccc6ccccc65)cc4B4c5cc6ccc7ccccc7c6cc5N(c5cc(-c6ccccc6)cc(-c6ccccc6)c5)c5cc(-c6nc(-c7ccccc7)cc(-c7ccccc7)n6)cc3c54)c2)cc1. The third-order valence-corrected chi connectivity index (χ3v) is 18.7. The fourth-order valence-corrected chi connectivity index (χ4v) is 14.4. The van der Waals surface area contributed by atoms with Crippen LogP contribution in [0.2, 0.25) is 0 Å². The van der Waals surface area contributed by atoms with Crippen LogP contribution in [0.4, 0.5) is 34.1 Å². The smallest absolute Gasteiger partial charge is 0.252 e. The summed E-state index contributed by atoms with van der Waals surface area (Å²) in [6.45, 7) is -0.225. The predicted octanol–water partition coefficient (Wildman–Crippen LogP) is 20.8. The molecule has 0 fully saturated rings. The Labute approximate surface area is 529 Å². The van der Waals surface area contributed by atoms with Crippen LogP contribution in [0.5, 0.6) is 0 Å². The van der Waals surface area contributed by atoms with Crippen molar-refractivity contribution < 1.29 is 0 Å². The molecule has 0 unspecified atom stereocenters. The first-order valence-electron chi connectivity index (χ1n) is 31.3. The molecule has 0 atom stereocenters. The van der Waals surface area contributed by atoms with Gasteiger partial charge in [-0.1, -0.05) is 267 Å².